The maximum Gasteiger partial charge on any atom is 0.160 e. The van der Waals surface area contributed by atoms with Gasteiger partial charge in [0.05, 0.1) is 0 Å². The first-order valence-electron chi connectivity index (χ1n) is 9.13. The van der Waals surface area contributed by atoms with E-state index in [9.17, 15) is 0 Å². The number of hydrogen-bond acceptors (Lipinski definition) is 5. The zero-order valence-corrected chi connectivity index (χ0v) is 14.9. The van der Waals surface area contributed by atoms with Crippen molar-refractivity contribution in [1.29, 1.82) is 0 Å². The molecule has 130 valence electrons. The number of hydrogen-bond donors (Lipinski definition) is 0. The fraction of sp³-hybridized carbons (Fsp3) is 0.474. The highest BCUT2D eigenvalue weighted by molar-refractivity contribution is 5.47. The minimum absolute atomic E-state index is 0.371. The summed E-state index contributed by atoms with van der Waals surface area (Å²) in [5.41, 5.74) is 2.17. The number of nitrogens with zero attached hydrogens (tertiary/aromatic N) is 6. The van der Waals surface area contributed by atoms with Gasteiger partial charge in [-0.3, -0.25) is 4.40 Å². The van der Waals surface area contributed by atoms with Gasteiger partial charge in [0.25, 0.3) is 0 Å². The molecule has 3 aromatic rings. The average molecular weight is 336 g/mol. The van der Waals surface area contributed by atoms with Crippen LogP contribution in [0.5, 0.6) is 0 Å². The van der Waals surface area contributed by atoms with Gasteiger partial charge in [0, 0.05) is 37.0 Å². The maximum atomic E-state index is 4.77. The maximum absolute atomic E-state index is 4.77. The van der Waals surface area contributed by atoms with Gasteiger partial charge in [0.2, 0.25) is 0 Å². The average Bonchev–Trinajstić information content (AvgIpc) is 3.08. The van der Waals surface area contributed by atoms with Crippen LogP contribution in [0.4, 0.5) is 5.82 Å². The molecule has 1 aliphatic heterocycles. The molecule has 0 unspecified atom stereocenters. The zero-order valence-electron chi connectivity index (χ0n) is 14.9. The Morgan fingerprint density at radius 2 is 2.16 bits per heavy atom. The molecule has 0 spiro atoms. The summed E-state index contributed by atoms with van der Waals surface area (Å²) in [6, 6.07) is 6.04. The Bertz CT molecular complexity index is 871. The minimum Gasteiger partial charge on any atom is -0.356 e. The van der Waals surface area contributed by atoms with E-state index in [1.165, 1.54) is 5.56 Å². The van der Waals surface area contributed by atoms with E-state index in [4.69, 9.17) is 4.98 Å². The molecule has 6 heteroatoms. The van der Waals surface area contributed by atoms with Crippen LogP contribution in [0.3, 0.4) is 0 Å². The van der Waals surface area contributed by atoms with E-state index < -0.39 is 0 Å². The van der Waals surface area contributed by atoms with Crippen LogP contribution >= 0.6 is 0 Å². The van der Waals surface area contributed by atoms with E-state index in [0.717, 1.165) is 61.9 Å². The first-order valence-corrected chi connectivity index (χ1v) is 9.13. The molecule has 0 radical (unpaired) electrons. The highest BCUT2D eigenvalue weighted by Gasteiger charge is 2.27. The zero-order chi connectivity index (χ0) is 17.2. The summed E-state index contributed by atoms with van der Waals surface area (Å²) in [4.78, 5) is 11.6. The molecule has 4 rings (SSSR count). The van der Waals surface area contributed by atoms with Gasteiger partial charge in [-0.1, -0.05) is 19.4 Å². The molecule has 0 amide bonds. The second-order valence-electron chi connectivity index (χ2n) is 6.79. The second kappa shape index (κ2) is 6.78. The molecule has 1 fully saturated rings. The molecule has 0 saturated carbocycles. The van der Waals surface area contributed by atoms with Crippen molar-refractivity contribution in [3.8, 4) is 0 Å². The number of pyridine rings is 1. The fourth-order valence-electron chi connectivity index (χ4n) is 3.72. The quantitative estimate of drug-likeness (QED) is 0.732. The number of rotatable bonds is 4. The molecule has 1 aliphatic rings. The van der Waals surface area contributed by atoms with Crippen LogP contribution in [-0.2, 0) is 6.42 Å². The summed E-state index contributed by atoms with van der Waals surface area (Å²) < 4.78 is 2.12. The van der Waals surface area contributed by atoms with E-state index >= 15 is 0 Å². The van der Waals surface area contributed by atoms with Crippen molar-refractivity contribution >= 4 is 11.5 Å². The third-order valence-electron chi connectivity index (χ3n) is 4.91. The predicted octanol–water partition coefficient (Wildman–Crippen LogP) is 3.16. The Kier molecular flexibility index (Phi) is 4.34. The van der Waals surface area contributed by atoms with Crippen molar-refractivity contribution < 1.29 is 0 Å². The number of aromatic nitrogens is 5. The van der Waals surface area contributed by atoms with Crippen LogP contribution in [0.15, 0.2) is 30.6 Å². The van der Waals surface area contributed by atoms with Crippen molar-refractivity contribution in [3.63, 3.8) is 0 Å². The summed E-state index contributed by atoms with van der Waals surface area (Å²) in [6.07, 6.45) is 8.45. The third kappa shape index (κ3) is 3.08. The Hall–Kier alpha value is -2.50. The van der Waals surface area contributed by atoms with Crippen LogP contribution in [-0.4, -0.2) is 37.7 Å². The van der Waals surface area contributed by atoms with Gasteiger partial charge in [-0.25, -0.2) is 9.97 Å². The van der Waals surface area contributed by atoms with Crippen LogP contribution in [0.25, 0.3) is 5.65 Å². The topological polar surface area (TPSA) is 59.2 Å². The lowest BCUT2D eigenvalue weighted by atomic mass is 9.96. The lowest BCUT2D eigenvalue weighted by Crippen LogP contribution is -2.36. The standard InChI is InChI=1S/C19H24N6/c1-3-7-15-12-20-14(2)21-18(15)24-10-6-8-16(13-24)19-23-22-17-9-4-5-11-25(17)19/h4-5,9,11-12,16H,3,6-8,10,13H2,1-2H3/t16-/m0/s1. The number of fused-ring (bicyclic) bond motifs is 1. The molecular weight excluding hydrogens is 312 g/mol. The lowest BCUT2D eigenvalue weighted by Gasteiger charge is -2.34. The molecule has 25 heavy (non-hydrogen) atoms. The lowest BCUT2D eigenvalue weighted by molar-refractivity contribution is 0.484. The van der Waals surface area contributed by atoms with Crippen LogP contribution in [0, 0.1) is 6.92 Å². The van der Waals surface area contributed by atoms with Crippen LogP contribution < -0.4 is 4.90 Å². The highest BCUT2D eigenvalue weighted by Crippen LogP contribution is 2.30. The van der Waals surface area contributed by atoms with Gasteiger partial charge in [-0.15, -0.1) is 10.2 Å². The van der Waals surface area contributed by atoms with Crippen molar-refractivity contribution in [2.75, 3.05) is 18.0 Å². The largest absolute Gasteiger partial charge is 0.356 e. The fourth-order valence-corrected chi connectivity index (χ4v) is 3.72. The normalized spacial score (nSPS) is 18.0. The molecule has 1 atom stereocenters. The van der Waals surface area contributed by atoms with Crippen LogP contribution in [0.2, 0.25) is 0 Å². The number of anilines is 1. The van der Waals surface area contributed by atoms with E-state index in [-0.39, 0.29) is 0 Å². The summed E-state index contributed by atoms with van der Waals surface area (Å²) in [5, 5.41) is 8.80. The van der Waals surface area contributed by atoms with Gasteiger partial charge in [-0.2, -0.15) is 0 Å². The van der Waals surface area contributed by atoms with Crippen molar-refractivity contribution in [1.82, 2.24) is 24.6 Å². The molecule has 3 aromatic heterocycles. The molecule has 0 N–H and O–H groups in total. The van der Waals surface area contributed by atoms with Gasteiger partial charge in [-0.05, 0) is 38.3 Å². The van der Waals surface area contributed by atoms with Crippen molar-refractivity contribution in [2.45, 2.75) is 45.4 Å². The molecule has 0 aromatic carbocycles. The molecular formula is C19H24N6. The van der Waals surface area contributed by atoms with Gasteiger partial charge < -0.3 is 4.90 Å². The predicted molar refractivity (Wildman–Crippen MR) is 97.9 cm³/mol. The molecule has 0 bridgehead atoms. The minimum atomic E-state index is 0.371. The second-order valence-corrected chi connectivity index (χ2v) is 6.79. The summed E-state index contributed by atoms with van der Waals surface area (Å²) in [6.45, 7) is 6.14. The van der Waals surface area contributed by atoms with Gasteiger partial charge >= 0.3 is 0 Å². The van der Waals surface area contributed by atoms with E-state index in [1.54, 1.807) is 0 Å². The van der Waals surface area contributed by atoms with Crippen molar-refractivity contribution in [2.24, 2.45) is 0 Å². The third-order valence-corrected chi connectivity index (χ3v) is 4.91. The van der Waals surface area contributed by atoms with Crippen molar-refractivity contribution in [3.05, 3.63) is 47.8 Å². The molecule has 0 aliphatic carbocycles. The first-order chi connectivity index (χ1) is 12.3. The van der Waals surface area contributed by atoms with E-state index in [0.29, 0.717) is 5.92 Å². The molecule has 4 heterocycles. The Labute approximate surface area is 147 Å². The van der Waals surface area contributed by atoms with Gasteiger partial charge in [0.1, 0.15) is 17.5 Å². The monoisotopic (exact) mass is 336 g/mol. The molecule has 1 saturated heterocycles. The van der Waals surface area contributed by atoms with Crippen LogP contribution in [0.1, 0.15) is 49.3 Å². The summed E-state index contributed by atoms with van der Waals surface area (Å²) in [7, 11) is 0. The summed E-state index contributed by atoms with van der Waals surface area (Å²) in [5.74, 6) is 3.37. The van der Waals surface area contributed by atoms with Gasteiger partial charge in [0.15, 0.2) is 5.65 Å². The Morgan fingerprint density at radius 3 is 3.04 bits per heavy atom. The Morgan fingerprint density at radius 1 is 1.24 bits per heavy atom. The summed E-state index contributed by atoms with van der Waals surface area (Å²) >= 11 is 0. The number of piperidine rings is 1. The Balaban J connectivity index is 1.64. The van der Waals surface area contributed by atoms with E-state index in [1.807, 2.05) is 31.3 Å². The van der Waals surface area contributed by atoms with E-state index in [2.05, 4.69) is 37.6 Å². The number of aryl methyl sites for hydroxylation is 2. The SMILES string of the molecule is CCCc1cnc(C)nc1N1CCC[C@H](c2nnc3ccccn23)C1. The first kappa shape index (κ1) is 16.0. The smallest absolute Gasteiger partial charge is 0.160 e. The highest BCUT2D eigenvalue weighted by atomic mass is 15.3. The molecule has 6 nitrogen and oxygen atoms in total.